The summed E-state index contributed by atoms with van der Waals surface area (Å²) in [4.78, 5) is 25.9. The van der Waals surface area contributed by atoms with Gasteiger partial charge < -0.3 is 10.2 Å². The van der Waals surface area contributed by atoms with E-state index in [-0.39, 0.29) is 21.6 Å². The number of para-hydroxylation sites is 3. The third-order valence-corrected chi connectivity index (χ3v) is 5.86. The number of amides is 1. The number of phenolic OH excluding ortho intramolecular Hbond substituents is 1. The Balaban J connectivity index is 1.90. The molecular weight excluding hydrogens is 464 g/mol. The van der Waals surface area contributed by atoms with Gasteiger partial charge in [-0.2, -0.15) is 5.10 Å². The summed E-state index contributed by atoms with van der Waals surface area (Å²) in [5, 5.41) is 24.9. The third-order valence-electron chi connectivity index (χ3n) is 5.49. The predicted octanol–water partition coefficient (Wildman–Crippen LogP) is 4.15. The van der Waals surface area contributed by atoms with Crippen LogP contribution in [0, 0.1) is 18.6 Å². The second kappa shape index (κ2) is 9.78. The fourth-order valence-electron chi connectivity index (χ4n) is 3.67. The van der Waals surface area contributed by atoms with E-state index in [1.165, 1.54) is 21.3 Å². The Hall–Kier alpha value is -4.50. The van der Waals surface area contributed by atoms with E-state index in [0.717, 1.165) is 17.3 Å². The van der Waals surface area contributed by atoms with Gasteiger partial charge in [-0.1, -0.05) is 48.5 Å². The van der Waals surface area contributed by atoms with Gasteiger partial charge in [0.05, 0.1) is 23.2 Å². The normalized spacial score (nSPS) is 11.0. The van der Waals surface area contributed by atoms with Crippen molar-refractivity contribution in [2.75, 3.05) is 0 Å². The van der Waals surface area contributed by atoms with Crippen LogP contribution in [-0.2, 0) is 0 Å². The molecule has 0 aliphatic heterocycles. The molecule has 4 aromatic rings. The lowest BCUT2D eigenvalue weighted by Gasteiger charge is -2.18. The Morgan fingerprint density at radius 1 is 0.886 bits per heavy atom. The molecule has 35 heavy (non-hydrogen) atoms. The zero-order valence-electron chi connectivity index (χ0n) is 19.0. The number of nitrogens with one attached hydrogen (secondary N) is 1. The van der Waals surface area contributed by atoms with Crippen LogP contribution in [0.1, 0.15) is 27.0 Å². The second-order valence-corrected chi connectivity index (χ2v) is 8.15. The number of hydrazone groups is 1. The van der Waals surface area contributed by atoms with Crippen molar-refractivity contribution < 1.29 is 15.0 Å². The first-order valence-corrected chi connectivity index (χ1v) is 11.1. The number of phenols is 1. The van der Waals surface area contributed by atoms with E-state index in [0.29, 0.717) is 11.4 Å². The zero-order valence-corrected chi connectivity index (χ0v) is 19.8. The molecule has 176 valence electrons. The number of aromatic hydroxyl groups is 2. The van der Waals surface area contributed by atoms with Crippen molar-refractivity contribution >= 4 is 24.3 Å². The summed E-state index contributed by atoms with van der Waals surface area (Å²) in [6.45, 7) is 3.71. The van der Waals surface area contributed by atoms with Crippen LogP contribution in [0.2, 0.25) is 0 Å². The highest BCUT2D eigenvalue weighted by Crippen LogP contribution is 2.24. The highest BCUT2D eigenvalue weighted by atomic mass is 32.1. The van der Waals surface area contributed by atoms with Crippen LogP contribution in [0.3, 0.4) is 0 Å². The molecule has 0 atom stereocenters. The third kappa shape index (κ3) is 4.49. The van der Waals surface area contributed by atoms with Crippen molar-refractivity contribution in [3.63, 3.8) is 0 Å². The van der Waals surface area contributed by atoms with Gasteiger partial charge in [0, 0.05) is 0 Å². The van der Waals surface area contributed by atoms with Crippen LogP contribution in [0.15, 0.2) is 82.7 Å². The molecule has 0 radical (unpaired) electrons. The lowest BCUT2D eigenvalue weighted by atomic mass is 10.2. The van der Waals surface area contributed by atoms with Gasteiger partial charge in [0.2, 0.25) is 5.88 Å². The average Bonchev–Trinajstić information content (AvgIpc) is 2.84. The van der Waals surface area contributed by atoms with E-state index >= 15 is 0 Å². The molecule has 1 aromatic heterocycles. The van der Waals surface area contributed by atoms with Crippen molar-refractivity contribution in [3.05, 3.63) is 110 Å². The summed E-state index contributed by atoms with van der Waals surface area (Å²) >= 11 is 5.67. The van der Waals surface area contributed by atoms with Crippen molar-refractivity contribution in [1.29, 1.82) is 0 Å². The first kappa shape index (κ1) is 23.7. The molecule has 3 N–H and O–H groups in total. The van der Waals surface area contributed by atoms with Crippen molar-refractivity contribution in [1.82, 2.24) is 14.6 Å². The summed E-state index contributed by atoms with van der Waals surface area (Å²) in [5.74, 6) is -1.30. The first-order chi connectivity index (χ1) is 16.8. The first-order valence-electron chi connectivity index (χ1n) is 10.7. The highest BCUT2D eigenvalue weighted by Gasteiger charge is 2.20. The number of rotatable bonds is 5. The van der Waals surface area contributed by atoms with Gasteiger partial charge in [-0.05, 0) is 61.5 Å². The molecular formula is C26H22N4O4S. The number of carbonyl (C=O) groups is 1. The summed E-state index contributed by atoms with van der Waals surface area (Å²) in [7, 11) is 0. The maximum atomic E-state index is 13.5. The van der Waals surface area contributed by atoms with Gasteiger partial charge >= 0.3 is 0 Å². The number of benzene rings is 3. The van der Waals surface area contributed by atoms with Crippen LogP contribution in [0.4, 0.5) is 0 Å². The van der Waals surface area contributed by atoms with E-state index in [9.17, 15) is 19.8 Å². The minimum absolute atomic E-state index is 0.0158. The van der Waals surface area contributed by atoms with Gasteiger partial charge in [-0.15, -0.1) is 0 Å². The molecule has 0 saturated heterocycles. The summed E-state index contributed by atoms with van der Waals surface area (Å²) in [6, 6.07) is 20.5. The topological polar surface area (TPSA) is 109 Å². The van der Waals surface area contributed by atoms with E-state index in [1.807, 2.05) is 38.1 Å². The monoisotopic (exact) mass is 486 g/mol. The maximum absolute atomic E-state index is 13.5. The van der Waals surface area contributed by atoms with Crippen LogP contribution < -0.4 is 11.0 Å². The van der Waals surface area contributed by atoms with Crippen LogP contribution in [0.5, 0.6) is 11.6 Å². The molecule has 3 aromatic carbocycles. The Labute approximate surface area is 206 Å². The lowest BCUT2D eigenvalue weighted by Crippen LogP contribution is -2.28. The van der Waals surface area contributed by atoms with Crippen LogP contribution >= 0.6 is 12.2 Å². The van der Waals surface area contributed by atoms with Gasteiger partial charge in [0.1, 0.15) is 11.3 Å². The largest absolute Gasteiger partial charge is 0.507 e. The Kier molecular flexibility index (Phi) is 6.61. The molecule has 0 aliphatic carbocycles. The summed E-state index contributed by atoms with van der Waals surface area (Å²) in [6.07, 6.45) is 1.06. The minimum atomic E-state index is -0.676. The highest BCUT2D eigenvalue weighted by molar-refractivity contribution is 7.71. The molecule has 4 rings (SSSR count). The quantitative estimate of drug-likeness (QED) is 0.223. The number of aryl methyl sites for hydroxylation is 2. The fraction of sp³-hybridized carbons (Fsp3) is 0.0769. The summed E-state index contributed by atoms with van der Waals surface area (Å²) < 4.78 is 2.79. The zero-order chi connectivity index (χ0) is 25.1. The average molecular weight is 487 g/mol. The Bertz CT molecular complexity index is 1590. The van der Waals surface area contributed by atoms with Gasteiger partial charge in [-0.25, -0.2) is 5.43 Å². The number of nitrogens with zero attached hydrogens (tertiary/aromatic N) is 3. The smallest absolute Gasteiger partial charge is 0.275 e. The van der Waals surface area contributed by atoms with E-state index in [2.05, 4.69) is 10.5 Å². The van der Waals surface area contributed by atoms with Crippen molar-refractivity contribution in [3.8, 4) is 23.0 Å². The number of carbonyl (C=O) groups excluding carboxylic acids is 1. The molecule has 0 unspecified atom stereocenters. The molecule has 8 nitrogen and oxygen atoms in total. The maximum Gasteiger partial charge on any atom is 0.275 e. The van der Waals surface area contributed by atoms with Crippen LogP contribution in [-0.4, -0.2) is 31.5 Å². The van der Waals surface area contributed by atoms with Crippen molar-refractivity contribution in [2.45, 2.75) is 13.8 Å². The molecule has 0 bridgehead atoms. The molecule has 0 aliphatic rings. The molecule has 0 spiro atoms. The van der Waals surface area contributed by atoms with Gasteiger partial charge in [0.15, 0.2) is 4.77 Å². The lowest BCUT2D eigenvalue weighted by molar-refractivity contribution is 0.0952. The minimum Gasteiger partial charge on any atom is -0.507 e. The molecule has 0 fully saturated rings. The second-order valence-electron chi connectivity index (χ2n) is 7.79. The van der Waals surface area contributed by atoms with Gasteiger partial charge in [-0.3, -0.25) is 18.7 Å². The Morgan fingerprint density at radius 2 is 1.43 bits per heavy atom. The fourth-order valence-corrected chi connectivity index (χ4v) is 4.03. The van der Waals surface area contributed by atoms with Gasteiger partial charge in [0.25, 0.3) is 11.5 Å². The molecule has 1 heterocycles. The Morgan fingerprint density at radius 3 is 2.03 bits per heavy atom. The number of aromatic nitrogens is 2. The molecule has 9 heteroatoms. The SMILES string of the molecule is Cc1ccccc1-n1c(O)c(/C=N\NC(=O)c2ccccc2O)c(=O)n(-c2ccccc2C)c1=S. The number of hydrogen-bond acceptors (Lipinski definition) is 6. The number of hydrogen-bond donors (Lipinski definition) is 3. The molecule has 1 amide bonds. The van der Waals surface area contributed by atoms with E-state index in [1.54, 1.807) is 36.4 Å². The predicted molar refractivity (Wildman–Crippen MR) is 137 cm³/mol. The summed E-state index contributed by atoms with van der Waals surface area (Å²) in [5.41, 5.74) is 4.28. The molecule has 0 saturated carbocycles. The van der Waals surface area contributed by atoms with Crippen molar-refractivity contribution in [2.24, 2.45) is 5.10 Å². The standard InChI is InChI=1S/C26H22N4O4S/c1-16-9-3-6-12-20(16)29-24(33)19(15-27-28-23(32)18-11-5-8-14-22(18)31)25(34)30(26(29)35)21-13-7-4-10-17(21)2/h3-15,31,33H,1-2H3,(H,28,32)/b27-15-. The van der Waals surface area contributed by atoms with E-state index in [4.69, 9.17) is 12.2 Å². The van der Waals surface area contributed by atoms with E-state index < -0.39 is 17.3 Å². The van der Waals surface area contributed by atoms with Crippen LogP contribution in [0.25, 0.3) is 11.4 Å².